The van der Waals surface area contributed by atoms with E-state index in [2.05, 4.69) is 12.1 Å². The van der Waals surface area contributed by atoms with E-state index in [1.54, 1.807) is 4.90 Å². The molecule has 0 spiro atoms. The maximum absolute atomic E-state index is 12.7. The maximum atomic E-state index is 12.7. The summed E-state index contributed by atoms with van der Waals surface area (Å²) in [6, 6.07) is 23.5. The first kappa shape index (κ1) is 19.2. The first-order valence-electron chi connectivity index (χ1n) is 9.37. The van der Waals surface area contributed by atoms with Crippen LogP contribution in [0, 0.1) is 0 Å². The molecule has 1 saturated heterocycles. The number of thioether (sulfide) groups is 1. The van der Waals surface area contributed by atoms with Crippen molar-refractivity contribution in [3.63, 3.8) is 0 Å². The van der Waals surface area contributed by atoms with Gasteiger partial charge in [-0.05, 0) is 53.2 Å². The van der Waals surface area contributed by atoms with E-state index < -0.39 is 0 Å². The summed E-state index contributed by atoms with van der Waals surface area (Å²) < 4.78 is 0. The third kappa shape index (κ3) is 3.49. The van der Waals surface area contributed by atoms with E-state index in [1.165, 1.54) is 11.8 Å². The molecule has 146 valence electrons. The highest BCUT2D eigenvalue weighted by Crippen LogP contribution is 2.37. The van der Waals surface area contributed by atoms with E-state index >= 15 is 0 Å². The van der Waals surface area contributed by atoms with Crippen LogP contribution >= 0.6 is 35.6 Å². The van der Waals surface area contributed by atoms with Gasteiger partial charge in [-0.3, -0.25) is 9.69 Å². The molecule has 4 aromatic rings. The lowest BCUT2D eigenvalue weighted by Crippen LogP contribution is -2.26. The zero-order valence-electron chi connectivity index (χ0n) is 15.7. The second kappa shape index (κ2) is 7.84. The quantitative estimate of drug-likeness (QED) is 0.191. The number of carbonyl (C=O) groups is 1. The van der Waals surface area contributed by atoms with Crippen LogP contribution in [-0.2, 0) is 6.54 Å². The summed E-state index contributed by atoms with van der Waals surface area (Å²) in [7, 11) is 0. The van der Waals surface area contributed by atoms with Gasteiger partial charge in [-0.15, -0.1) is 0 Å². The molecule has 0 N–H and O–H groups in total. The predicted octanol–water partition coefficient (Wildman–Crippen LogP) is 7.08. The van der Waals surface area contributed by atoms with Gasteiger partial charge in [-0.25, -0.2) is 4.98 Å². The smallest absolute Gasteiger partial charge is 0.288 e. The van der Waals surface area contributed by atoms with Crippen molar-refractivity contribution in [3.05, 3.63) is 93.9 Å². The summed E-state index contributed by atoms with van der Waals surface area (Å²) in [5.41, 5.74) is 3.80. The zero-order valence-corrected chi connectivity index (χ0v) is 18.1. The highest BCUT2D eigenvalue weighted by atomic mass is 35.5. The fourth-order valence-corrected chi connectivity index (χ4v) is 5.04. The van der Waals surface area contributed by atoms with Crippen LogP contribution in [0.3, 0.4) is 0 Å². The Morgan fingerprint density at radius 3 is 2.30 bits per heavy atom. The molecule has 0 radical (unpaired) electrons. The van der Waals surface area contributed by atoms with Crippen LogP contribution in [0.4, 0.5) is 4.79 Å². The number of nitrogens with zero attached hydrogens (tertiary/aromatic N) is 2. The predicted molar refractivity (Wildman–Crippen MR) is 130 cm³/mol. The van der Waals surface area contributed by atoms with Gasteiger partial charge >= 0.3 is 0 Å². The molecular weight excluding hydrogens is 432 g/mol. The summed E-state index contributed by atoms with van der Waals surface area (Å²) >= 11 is 12.9. The Morgan fingerprint density at radius 1 is 0.967 bits per heavy atom. The number of benzene rings is 3. The molecule has 1 fully saturated rings. The molecule has 0 unspecified atom stereocenters. The highest BCUT2D eigenvalue weighted by molar-refractivity contribution is 8.19. The van der Waals surface area contributed by atoms with Crippen molar-refractivity contribution in [3.8, 4) is 0 Å². The number of carbonyl (C=O) groups excluding carboxylic acids is 1. The number of aromatic nitrogens is 1. The van der Waals surface area contributed by atoms with Gasteiger partial charge in [0.2, 0.25) is 0 Å². The van der Waals surface area contributed by atoms with Gasteiger partial charge in [0.05, 0.1) is 22.5 Å². The number of hydrogen-bond donors (Lipinski definition) is 0. The molecule has 1 amide bonds. The average molecular weight is 447 g/mol. The zero-order chi connectivity index (χ0) is 20.7. The van der Waals surface area contributed by atoms with E-state index in [1.807, 2.05) is 66.7 Å². The fraction of sp³-hybridized carbons (Fsp3) is 0.0417. The molecule has 3 nitrogen and oxygen atoms in total. The topological polar surface area (TPSA) is 33.2 Å². The van der Waals surface area contributed by atoms with Crippen molar-refractivity contribution in [1.82, 2.24) is 9.88 Å². The monoisotopic (exact) mass is 446 g/mol. The molecule has 0 aliphatic carbocycles. The van der Waals surface area contributed by atoms with E-state index in [-0.39, 0.29) is 5.24 Å². The number of hydrogen-bond acceptors (Lipinski definition) is 4. The molecule has 5 rings (SSSR count). The van der Waals surface area contributed by atoms with Crippen LogP contribution in [0.5, 0.6) is 0 Å². The van der Waals surface area contributed by atoms with E-state index in [4.69, 9.17) is 28.8 Å². The Bertz CT molecular complexity index is 1310. The van der Waals surface area contributed by atoms with Crippen molar-refractivity contribution in [2.24, 2.45) is 0 Å². The summed E-state index contributed by atoms with van der Waals surface area (Å²) in [5.74, 6) is 0. The van der Waals surface area contributed by atoms with Crippen LogP contribution < -0.4 is 0 Å². The second-order valence-electron chi connectivity index (χ2n) is 6.96. The van der Waals surface area contributed by atoms with Crippen molar-refractivity contribution in [1.29, 1.82) is 0 Å². The Morgan fingerprint density at radius 2 is 1.63 bits per heavy atom. The average Bonchev–Trinajstić information content (AvgIpc) is 3.01. The van der Waals surface area contributed by atoms with Gasteiger partial charge in [0.25, 0.3) is 5.24 Å². The SMILES string of the molecule is O=C1SC(=Cc2c3ccccc3nc3ccccc23)C(=S)N1Cc1cccc(Cl)c1. The fourth-order valence-electron chi connectivity index (χ4n) is 3.61. The van der Waals surface area contributed by atoms with Crippen molar-refractivity contribution in [2.45, 2.75) is 6.54 Å². The van der Waals surface area contributed by atoms with Gasteiger partial charge in [-0.1, -0.05) is 72.3 Å². The summed E-state index contributed by atoms with van der Waals surface area (Å²) in [6.07, 6.45) is 2.02. The molecule has 1 aliphatic rings. The lowest BCUT2D eigenvalue weighted by atomic mass is 10.0. The first-order chi connectivity index (χ1) is 14.6. The molecule has 1 aromatic heterocycles. The Hall–Kier alpha value is -2.73. The summed E-state index contributed by atoms with van der Waals surface area (Å²) in [5, 5.41) is 2.64. The number of fused-ring (bicyclic) bond motifs is 2. The molecule has 6 heteroatoms. The van der Waals surface area contributed by atoms with Gasteiger partial charge in [0.1, 0.15) is 4.99 Å². The van der Waals surface area contributed by atoms with Gasteiger partial charge < -0.3 is 0 Å². The molecule has 1 aliphatic heterocycles. The minimum absolute atomic E-state index is 0.0751. The molecule has 2 heterocycles. The number of thiocarbonyl (C=S) groups is 1. The van der Waals surface area contributed by atoms with Crippen LogP contribution in [0.25, 0.3) is 27.9 Å². The third-order valence-electron chi connectivity index (χ3n) is 5.01. The maximum Gasteiger partial charge on any atom is 0.291 e. The number of amides is 1. The van der Waals surface area contributed by atoms with Crippen molar-refractivity contribution >= 4 is 73.7 Å². The number of pyridine rings is 1. The normalized spacial score (nSPS) is 15.6. The van der Waals surface area contributed by atoms with Crippen molar-refractivity contribution in [2.75, 3.05) is 0 Å². The largest absolute Gasteiger partial charge is 0.291 e. The lowest BCUT2D eigenvalue weighted by molar-refractivity contribution is 0.244. The molecule has 0 bridgehead atoms. The minimum atomic E-state index is -0.0751. The molecule has 0 saturated carbocycles. The lowest BCUT2D eigenvalue weighted by Gasteiger charge is -2.15. The third-order valence-corrected chi connectivity index (χ3v) is 6.74. The van der Waals surface area contributed by atoms with E-state index in [9.17, 15) is 4.79 Å². The number of halogens is 1. The summed E-state index contributed by atoms with van der Waals surface area (Å²) in [4.78, 5) is 20.4. The minimum Gasteiger partial charge on any atom is -0.288 e. The second-order valence-corrected chi connectivity index (χ2v) is 8.77. The van der Waals surface area contributed by atoms with Crippen LogP contribution in [0.1, 0.15) is 11.1 Å². The standard InChI is InChI=1S/C24H15ClN2OS2/c25-16-7-5-6-15(12-16)14-27-23(29)22(30-24(27)28)13-19-17-8-1-3-10-20(17)26-21-11-4-2-9-18(19)21/h1-13H,14H2. The Kier molecular flexibility index (Phi) is 5.03. The Balaban J connectivity index is 1.59. The molecular formula is C24H15ClN2OS2. The van der Waals surface area contributed by atoms with Crippen LogP contribution in [0.15, 0.2) is 77.7 Å². The van der Waals surface area contributed by atoms with Gasteiger partial charge in [0, 0.05) is 15.8 Å². The van der Waals surface area contributed by atoms with E-state index in [0.717, 1.165) is 37.8 Å². The Labute approximate surface area is 188 Å². The molecule has 3 aromatic carbocycles. The van der Waals surface area contributed by atoms with Crippen molar-refractivity contribution < 1.29 is 4.79 Å². The first-order valence-corrected chi connectivity index (χ1v) is 11.0. The molecule has 30 heavy (non-hydrogen) atoms. The number of rotatable bonds is 3. The van der Waals surface area contributed by atoms with E-state index in [0.29, 0.717) is 16.6 Å². The van der Waals surface area contributed by atoms with Crippen LogP contribution in [0.2, 0.25) is 5.02 Å². The summed E-state index contributed by atoms with van der Waals surface area (Å²) in [6.45, 7) is 0.403. The van der Waals surface area contributed by atoms with Gasteiger partial charge in [0.15, 0.2) is 0 Å². The number of para-hydroxylation sites is 2. The van der Waals surface area contributed by atoms with Crippen LogP contribution in [-0.4, -0.2) is 20.1 Å². The van der Waals surface area contributed by atoms with Gasteiger partial charge in [-0.2, -0.15) is 0 Å². The molecule has 0 atom stereocenters. The highest BCUT2D eigenvalue weighted by Gasteiger charge is 2.32.